The number of nitrogens with zero attached hydrogens (tertiary/aromatic N) is 3. The number of rotatable bonds is 2. The Morgan fingerprint density at radius 3 is 2.60 bits per heavy atom. The van der Waals surface area contributed by atoms with E-state index in [0.29, 0.717) is 17.1 Å². The summed E-state index contributed by atoms with van der Waals surface area (Å²) in [5.74, 6) is 1.07. The van der Waals surface area contributed by atoms with Crippen molar-refractivity contribution in [1.82, 2.24) is 19.9 Å². The summed E-state index contributed by atoms with van der Waals surface area (Å²) in [7, 11) is 0. The molecule has 1 aromatic carbocycles. The van der Waals surface area contributed by atoms with Crippen molar-refractivity contribution in [1.29, 1.82) is 0 Å². The second-order valence-corrected chi connectivity index (χ2v) is 8.11. The standard InChI is InChI=1S/C24H20N4O2/c29-23-16-5-1-2-6-17(16)24(30-23)12-10-15(11-13-24)21-27-20-9-8-19(26-22(20)28-21)18-7-3-4-14-25-18/h1-9,14-15H,10-13H2,(H,26,27,28)/t15-,24-. The van der Waals surface area contributed by atoms with Crippen molar-refractivity contribution in [3.63, 3.8) is 0 Å². The van der Waals surface area contributed by atoms with Gasteiger partial charge in [0, 0.05) is 17.7 Å². The number of benzene rings is 1. The van der Waals surface area contributed by atoms with Crippen LogP contribution in [-0.2, 0) is 10.3 Å². The minimum Gasteiger partial charge on any atom is -0.451 e. The molecule has 0 saturated heterocycles. The molecule has 0 amide bonds. The molecule has 0 atom stereocenters. The molecule has 148 valence electrons. The van der Waals surface area contributed by atoms with Gasteiger partial charge in [0.05, 0.1) is 22.5 Å². The van der Waals surface area contributed by atoms with Gasteiger partial charge in [0.2, 0.25) is 0 Å². The number of hydrogen-bond donors (Lipinski definition) is 1. The number of esters is 1. The number of aromatic nitrogens is 4. The topological polar surface area (TPSA) is 80.8 Å². The van der Waals surface area contributed by atoms with Gasteiger partial charge in [-0.15, -0.1) is 0 Å². The molecule has 1 N–H and O–H groups in total. The first-order chi connectivity index (χ1) is 14.7. The summed E-state index contributed by atoms with van der Waals surface area (Å²) in [6.45, 7) is 0. The maximum atomic E-state index is 12.3. The Balaban J connectivity index is 1.26. The van der Waals surface area contributed by atoms with Crippen LogP contribution in [0.4, 0.5) is 0 Å². The van der Waals surface area contributed by atoms with Crippen LogP contribution in [0.3, 0.4) is 0 Å². The number of carbonyl (C=O) groups excluding carboxylic acids is 1. The number of nitrogens with one attached hydrogen (secondary N) is 1. The summed E-state index contributed by atoms with van der Waals surface area (Å²) in [4.78, 5) is 29.6. The number of pyridine rings is 2. The van der Waals surface area contributed by atoms with Gasteiger partial charge < -0.3 is 9.72 Å². The Morgan fingerprint density at radius 1 is 0.933 bits per heavy atom. The molecule has 3 aromatic heterocycles. The molecule has 1 aliphatic carbocycles. The van der Waals surface area contributed by atoms with Crippen LogP contribution in [0.5, 0.6) is 0 Å². The number of imidazole rings is 1. The fourth-order valence-corrected chi connectivity index (χ4v) is 4.84. The summed E-state index contributed by atoms with van der Waals surface area (Å²) in [5.41, 5.74) is 4.59. The lowest BCUT2D eigenvalue weighted by atomic mass is 9.75. The number of hydrogen-bond acceptors (Lipinski definition) is 5. The van der Waals surface area contributed by atoms with Crippen LogP contribution in [0, 0.1) is 0 Å². The highest BCUT2D eigenvalue weighted by Crippen LogP contribution is 2.49. The first-order valence-corrected chi connectivity index (χ1v) is 10.3. The van der Waals surface area contributed by atoms with E-state index in [1.165, 1.54) is 0 Å². The molecule has 1 fully saturated rings. The summed E-state index contributed by atoms with van der Waals surface area (Å²) >= 11 is 0. The van der Waals surface area contributed by atoms with E-state index >= 15 is 0 Å². The molecular formula is C24H20N4O2. The normalized spacial score (nSPS) is 22.9. The van der Waals surface area contributed by atoms with Crippen LogP contribution in [0.15, 0.2) is 60.8 Å². The second kappa shape index (κ2) is 6.49. The molecule has 1 saturated carbocycles. The molecule has 6 rings (SSSR count). The van der Waals surface area contributed by atoms with Gasteiger partial charge in [-0.25, -0.2) is 14.8 Å². The van der Waals surface area contributed by atoms with E-state index in [9.17, 15) is 4.79 Å². The SMILES string of the molecule is O=C1O[C@]2(CC[C@H](c3nc4nc(-c5ccccn5)ccc4[nH]3)CC2)c2ccccc21. The van der Waals surface area contributed by atoms with E-state index in [4.69, 9.17) is 14.7 Å². The first-order valence-electron chi connectivity index (χ1n) is 10.3. The van der Waals surface area contributed by atoms with Gasteiger partial charge in [0.25, 0.3) is 0 Å². The number of ether oxygens (including phenoxy) is 1. The third-order valence-electron chi connectivity index (χ3n) is 6.40. The van der Waals surface area contributed by atoms with Gasteiger partial charge in [0.1, 0.15) is 11.4 Å². The molecule has 0 unspecified atom stereocenters. The Labute approximate surface area is 173 Å². The summed E-state index contributed by atoms with van der Waals surface area (Å²) in [5, 5.41) is 0. The van der Waals surface area contributed by atoms with E-state index in [1.807, 2.05) is 54.6 Å². The largest absolute Gasteiger partial charge is 0.451 e. The molecule has 4 heterocycles. The lowest BCUT2D eigenvalue weighted by molar-refractivity contribution is -0.0312. The second-order valence-electron chi connectivity index (χ2n) is 8.11. The van der Waals surface area contributed by atoms with Gasteiger partial charge in [-0.2, -0.15) is 0 Å². The van der Waals surface area contributed by atoms with E-state index < -0.39 is 5.60 Å². The summed E-state index contributed by atoms with van der Waals surface area (Å²) < 4.78 is 5.88. The monoisotopic (exact) mass is 396 g/mol. The predicted octanol–water partition coefficient (Wildman–Crippen LogP) is 4.74. The third kappa shape index (κ3) is 2.64. The van der Waals surface area contributed by atoms with E-state index in [-0.39, 0.29) is 5.97 Å². The number of carbonyl (C=O) groups is 1. The molecule has 0 radical (unpaired) electrons. The van der Waals surface area contributed by atoms with Crippen LogP contribution < -0.4 is 0 Å². The summed E-state index contributed by atoms with van der Waals surface area (Å²) in [6, 6.07) is 17.6. The average Bonchev–Trinajstić information content (AvgIpc) is 3.34. The maximum Gasteiger partial charge on any atom is 0.339 e. The van der Waals surface area contributed by atoms with Crippen molar-refractivity contribution >= 4 is 17.1 Å². The van der Waals surface area contributed by atoms with E-state index in [2.05, 4.69) is 9.97 Å². The van der Waals surface area contributed by atoms with Crippen molar-refractivity contribution in [3.8, 4) is 11.4 Å². The Morgan fingerprint density at radius 2 is 1.77 bits per heavy atom. The molecule has 1 spiro atoms. The quantitative estimate of drug-likeness (QED) is 0.495. The summed E-state index contributed by atoms with van der Waals surface area (Å²) in [6.07, 6.45) is 5.21. The van der Waals surface area contributed by atoms with Crippen LogP contribution in [-0.4, -0.2) is 25.9 Å². The lowest BCUT2D eigenvalue weighted by Crippen LogP contribution is -2.31. The Kier molecular flexibility index (Phi) is 3.75. The highest BCUT2D eigenvalue weighted by Gasteiger charge is 2.47. The van der Waals surface area contributed by atoms with E-state index in [1.54, 1.807) is 6.20 Å². The van der Waals surface area contributed by atoms with Gasteiger partial charge in [-0.1, -0.05) is 24.3 Å². The molecule has 6 heteroatoms. The first kappa shape index (κ1) is 17.3. The Hall–Kier alpha value is -3.54. The number of H-pyrrole nitrogens is 1. The predicted molar refractivity (Wildman–Crippen MR) is 112 cm³/mol. The highest BCUT2D eigenvalue weighted by molar-refractivity contribution is 5.94. The third-order valence-corrected chi connectivity index (χ3v) is 6.40. The maximum absolute atomic E-state index is 12.3. The zero-order chi connectivity index (χ0) is 20.1. The molecule has 1 aliphatic heterocycles. The van der Waals surface area contributed by atoms with Crippen LogP contribution in [0.1, 0.15) is 53.3 Å². The van der Waals surface area contributed by atoms with Gasteiger partial charge in [-0.05, 0) is 56.0 Å². The van der Waals surface area contributed by atoms with Crippen LogP contribution in [0.2, 0.25) is 0 Å². The van der Waals surface area contributed by atoms with Crippen molar-refractivity contribution in [2.24, 2.45) is 0 Å². The van der Waals surface area contributed by atoms with Crippen LogP contribution in [0.25, 0.3) is 22.6 Å². The van der Waals surface area contributed by atoms with Gasteiger partial charge in [0.15, 0.2) is 5.65 Å². The highest BCUT2D eigenvalue weighted by atomic mass is 16.6. The van der Waals surface area contributed by atoms with Crippen molar-refractivity contribution in [2.45, 2.75) is 37.2 Å². The number of fused-ring (bicyclic) bond motifs is 3. The van der Waals surface area contributed by atoms with Crippen LogP contribution >= 0.6 is 0 Å². The van der Waals surface area contributed by atoms with Crippen molar-refractivity contribution in [2.75, 3.05) is 0 Å². The van der Waals surface area contributed by atoms with Crippen molar-refractivity contribution in [3.05, 3.63) is 77.7 Å². The zero-order valence-corrected chi connectivity index (χ0v) is 16.3. The van der Waals surface area contributed by atoms with Gasteiger partial charge >= 0.3 is 5.97 Å². The molecule has 0 bridgehead atoms. The fraction of sp³-hybridized carbons (Fsp3) is 0.250. The Bertz CT molecular complexity index is 1260. The zero-order valence-electron chi connectivity index (χ0n) is 16.3. The average molecular weight is 396 g/mol. The fourth-order valence-electron chi connectivity index (χ4n) is 4.84. The molecular weight excluding hydrogens is 376 g/mol. The molecule has 2 aliphatic rings. The molecule has 4 aromatic rings. The molecule has 6 nitrogen and oxygen atoms in total. The molecule has 30 heavy (non-hydrogen) atoms. The minimum atomic E-state index is -0.472. The smallest absolute Gasteiger partial charge is 0.339 e. The van der Waals surface area contributed by atoms with Crippen molar-refractivity contribution < 1.29 is 9.53 Å². The minimum absolute atomic E-state index is 0.195. The van der Waals surface area contributed by atoms with E-state index in [0.717, 1.165) is 54.0 Å². The number of aromatic amines is 1. The lowest BCUT2D eigenvalue weighted by Gasteiger charge is -2.35. The van der Waals surface area contributed by atoms with Gasteiger partial charge in [-0.3, -0.25) is 4.98 Å².